The number of ketones is 1. The Kier molecular flexibility index (Phi) is 6.21. The molecule has 4 nitrogen and oxygen atoms in total. The first kappa shape index (κ1) is 17.8. The lowest BCUT2D eigenvalue weighted by Crippen LogP contribution is -2.05. The average Bonchev–Trinajstić information content (AvgIpc) is 2.56. The summed E-state index contributed by atoms with van der Waals surface area (Å²) in [7, 11) is 0. The van der Waals surface area contributed by atoms with Gasteiger partial charge in [-0.1, -0.05) is 29.8 Å². The Morgan fingerprint density at radius 2 is 1.46 bits per heavy atom. The van der Waals surface area contributed by atoms with Crippen molar-refractivity contribution in [3.63, 3.8) is 0 Å². The third kappa shape index (κ3) is 5.28. The van der Waals surface area contributed by atoms with Crippen molar-refractivity contribution in [3.8, 4) is 0 Å². The molecule has 0 saturated carbocycles. The number of aryl methyl sites for hydroxylation is 1. The summed E-state index contributed by atoms with van der Waals surface area (Å²) in [5.41, 5.74) is 3.37. The third-order valence-corrected chi connectivity index (χ3v) is 3.95. The maximum Gasteiger partial charge on any atom is 0.221 e. The Labute approximate surface area is 146 Å². The Balaban J connectivity index is 2.09. The molecule has 0 aromatic heterocycles. The molecule has 0 heterocycles. The first-order chi connectivity index (χ1) is 11.5. The smallest absolute Gasteiger partial charge is 0.221 e. The standard InChI is InChI=1S/C19H20N2O2S/c1-13-4-6-15(7-5-13)18(23)12-19(24-3)21-17-10-8-16(9-11-17)20-14(2)22/h4-12,21H,1-3H3,(H,20,22)/b19-12-. The van der Waals surface area contributed by atoms with Gasteiger partial charge in [-0.15, -0.1) is 11.8 Å². The molecule has 0 unspecified atom stereocenters. The van der Waals surface area contributed by atoms with Gasteiger partial charge in [0.2, 0.25) is 5.91 Å². The van der Waals surface area contributed by atoms with E-state index in [1.165, 1.54) is 18.7 Å². The third-order valence-electron chi connectivity index (χ3n) is 3.29. The van der Waals surface area contributed by atoms with Crippen molar-refractivity contribution in [1.29, 1.82) is 0 Å². The number of thioether (sulfide) groups is 1. The number of hydrogen-bond donors (Lipinski definition) is 2. The molecule has 0 aliphatic carbocycles. The number of allylic oxidation sites excluding steroid dienone is 1. The zero-order valence-electron chi connectivity index (χ0n) is 13.9. The van der Waals surface area contributed by atoms with Gasteiger partial charge in [-0.25, -0.2) is 0 Å². The fourth-order valence-electron chi connectivity index (χ4n) is 2.05. The van der Waals surface area contributed by atoms with E-state index in [4.69, 9.17) is 0 Å². The number of anilines is 2. The summed E-state index contributed by atoms with van der Waals surface area (Å²) in [5.74, 6) is -0.147. The molecule has 2 rings (SSSR count). The lowest BCUT2D eigenvalue weighted by atomic mass is 10.1. The maximum absolute atomic E-state index is 12.3. The summed E-state index contributed by atoms with van der Waals surface area (Å²) >= 11 is 1.47. The summed E-state index contributed by atoms with van der Waals surface area (Å²) in [4.78, 5) is 23.3. The highest BCUT2D eigenvalue weighted by molar-refractivity contribution is 8.02. The van der Waals surface area contributed by atoms with Crippen molar-refractivity contribution in [1.82, 2.24) is 0 Å². The molecule has 0 aliphatic heterocycles. The van der Waals surface area contributed by atoms with Crippen LogP contribution in [0.4, 0.5) is 11.4 Å². The second-order valence-electron chi connectivity index (χ2n) is 5.33. The van der Waals surface area contributed by atoms with Crippen LogP contribution in [0, 0.1) is 6.92 Å². The van der Waals surface area contributed by atoms with Gasteiger partial charge in [0.15, 0.2) is 5.78 Å². The number of carbonyl (C=O) groups is 2. The van der Waals surface area contributed by atoms with Crippen molar-refractivity contribution in [2.24, 2.45) is 0 Å². The van der Waals surface area contributed by atoms with Gasteiger partial charge in [0, 0.05) is 29.9 Å². The number of hydrogen-bond acceptors (Lipinski definition) is 4. The van der Waals surface area contributed by atoms with Crippen LogP contribution in [0.5, 0.6) is 0 Å². The minimum atomic E-state index is -0.107. The second-order valence-corrected chi connectivity index (χ2v) is 6.17. The van der Waals surface area contributed by atoms with E-state index in [1.54, 1.807) is 6.08 Å². The Morgan fingerprint density at radius 1 is 0.917 bits per heavy atom. The summed E-state index contributed by atoms with van der Waals surface area (Å²) in [6, 6.07) is 14.8. The summed E-state index contributed by atoms with van der Waals surface area (Å²) in [6.07, 6.45) is 3.50. The normalized spacial score (nSPS) is 11.0. The first-order valence-corrected chi connectivity index (χ1v) is 8.72. The van der Waals surface area contributed by atoms with Crippen LogP contribution in [-0.4, -0.2) is 17.9 Å². The average molecular weight is 340 g/mol. The number of nitrogens with one attached hydrogen (secondary N) is 2. The van der Waals surface area contributed by atoms with Gasteiger partial charge >= 0.3 is 0 Å². The van der Waals surface area contributed by atoms with Crippen LogP contribution in [0.2, 0.25) is 0 Å². The predicted octanol–water partition coefficient (Wildman–Crippen LogP) is 4.45. The second kappa shape index (κ2) is 8.36. The molecule has 124 valence electrons. The molecule has 5 heteroatoms. The largest absolute Gasteiger partial charge is 0.350 e. The molecule has 0 atom stereocenters. The Bertz CT molecular complexity index is 750. The Hall–Kier alpha value is -2.53. The summed E-state index contributed by atoms with van der Waals surface area (Å²) in [5, 5.41) is 6.69. The van der Waals surface area contributed by atoms with Crippen LogP contribution >= 0.6 is 11.8 Å². The summed E-state index contributed by atoms with van der Waals surface area (Å²) < 4.78 is 0. The molecular formula is C19H20N2O2S. The minimum absolute atomic E-state index is 0.0401. The number of benzene rings is 2. The molecule has 0 aliphatic rings. The molecule has 2 N–H and O–H groups in total. The van der Waals surface area contributed by atoms with E-state index in [0.717, 1.165) is 22.0 Å². The summed E-state index contributed by atoms with van der Waals surface area (Å²) in [6.45, 7) is 3.46. The van der Waals surface area contributed by atoms with Crippen LogP contribution in [0.15, 0.2) is 59.6 Å². The van der Waals surface area contributed by atoms with Gasteiger partial charge < -0.3 is 10.6 Å². The van der Waals surface area contributed by atoms with Crippen LogP contribution in [0.1, 0.15) is 22.8 Å². The van der Waals surface area contributed by atoms with Gasteiger partial charge in [0.05, 0.1) is 5.03 Å². The zero-order chi connectivity index (χ0) is 17.5. The quantitative estimate of drug-likeness (QED) is 0.602. The van der Waals surface area contributed by atoms with Gasteiger partial charge in [0.1, 0.15) is 0 Å². The Morgan fingerprint density at radius 3 is 1.96 bits per heavy atom. The number of rotatable bonds is 6. The van der Waals surface area contributed by atoms with Crippen molar-refractivity contribution in [2.45, 2.75) is 13.8 Å². The van der Waals surface area contributed by atoms with Crippen molar-refractivity contribution in [2.75, 3.05) is 16.9 Å². The van der Waals surface area contributed by atoms with E-state index >= 15 is 0 Å². The molecule has 2 aromatic carbocycles. The highest BCUT2D eigenvalue weighted by atomic mass is 32.2. The molecule has 2 aromatic rings. The SMILES string of the molecule is CS/C(=C\C(=O)c1ccc(C)cc1)Nc1ccc(NC(C)=O)cc1. The highest BCUT2D eigenvalue weighted by Gasteiger charge is 2.05. The molecule has 0 fully saturated rings. The molecule has 1 amide bonds. The van der Waals surface area contributed by atoms with E-state index in [2.05, 4.69) is 10.6 Å². The van der Waals surface area contributed by atoms with Crippen molar-refractivity contribution in [3.05, 3.63) is 70.8 Å². The monoisotopic (exact) mass is 340 g/mol. The van der Waals surface area contributed by atoms with E-state index in [0.29, 0.717) is 5.56 Å². The minimum Gasteiger partial charge on any atom is -0.350 e. The van der Waals surface area contributed by atoms with Gasteiger partial charge in [-0.3, -0.25) is 9.59 Å². The van der Waals surface area contributed by atoms with Crippen LogP contribution in [0.25, 0.3) is 0 Å². The number of amides is 1. The van der Waals surface area contributed by atoms with Gasteiger partial charge in [-0.2, -0.15) is 0 Å². The lowest BCUT2D eigenvalue weighted by Gasteiger charge is -2.10. The molecule has 0 radical (unpaired) electrons. The van der Waals surface area contributed by atoms with Gasteiger partial charge in [-0.05, 0) is 37.4 Å². The molecule has 24 heavy (non-hydrogen) atoms. The van der Waals surface area contributed by atoms with Gasteiger partial charge in [0.25, 0.3) is 0 Å². The van der Waals surface area contributed by atoms with Crippen molar-refractivity contribution < 1.29 is 9.59 Å². The molecule has 0 bridgehead atoms. The van der Waals surface area contributed by atoms with E-state index in [1.807, 2.05) is 61.7 Å². The highest BCUT2D eigenvalue weighted by Crippen LogP contribution is 2.20. The lowest BCUT2D eigenvalue weighted by molar-refractivity contribution is -0.114. The maximum atomic E-state index is 12.3. The molecular weight excluding hydrogens is 320 g/mol. The molecule has 0 spiro atoms. The predicted molar refractivity (Wildman–Crippen MR) is 101 cm³/mol. The van der Waals surface area contributed by atoms with E-state index < -0.39 is 0 Å². The van der Waals surface area contributed by atoms with Crippen molar-refractivity contribution >= 4 is 34.8 Å². The fraction of sp³-hybridized carbons (Fsp3) is 0.158. The van der Waals surface area contributed by atoms with Crippen LogP contribution in [-0.2, 0) is 4.79 Å². The topological polar surface area (TPSA) is 58.2 Å². The number of carbonyl (C=O) groups excluding carboxylic acids is 2. The zero-order valence-corrected chi connectivity index (χ0v) is 14.7. The molecule has 0 saturated heterocycles. The van der Waals surface area contributed by atoms with Crippen LogP contribution < -0.4 is 10.6 Å². The van der Waals surface area contributed by atoms with E-state index in [9.17, 15) is 9.59 Å². The van der Waals surface area contributed by atoms with Crippen LogP contribution in [0.3, 0.4) is 0 Å². The fourth-order valence-corrected chi connectivity index (χ4v) is 2.49. The van der Waals surface area contributed by atoms with E-state index in [-0.39, 0.29) is 11.7 Å². The first-order valence-electron chi connectivity index (χ1n) is 7.49.